The van der Waals surface area contributed by atoms with Crippen molar-refractivity contribution in [1.82, 2.24) is 0 Å². The maximum absolute atomic E-state index is 13.4. The van der Waals surface area contributed by atoms with E-state index in [4.69, 9.17) is 16.7 Å². The van der Waals surface area contributed by atoms with Crippen LogP contribution in [0.2, 0.25) is 5.02 Å². The molecule has 2 nitrogen and oxygen atoms in total. The minimum absolute atomic E-state index is 0.296. The summed E-state index contributed by atoms with van der Waals surface area (Å²) in [6, 6.07) is 2.87. The van der Waals surface area contributed by atoms with Crippen LogP contribution in [0.25, 0.3) is 5.57 Å². The van der Waals surface area contributed by atoms with Crippen LogP contribution >= 0.6 is 11.6 Å². The molecule has 0 heterocycles. The Bertz CT molecular complexity index is 466. The van der Waals surface area contributed by atoms with Crippen LogP contribution in [0.3, 0.4) is 0 Å². The van der Waals surface area contributed by atoms with Crippen molar-refractivity contribution in [2.45, 2.75) is 12.8 Å². The van der Waals surface area contributed by atoms with Gasteiger partial charge in [-0.15, -0.1) is 0 Å². The molecule has 1 N–H and O–H groups in total. The number of benzene rings is 1. The number of fused-ring (bicyclic) bond motifs is 1. The van der Waals surface area contributed by atoms with Crippen LogP contribution in [0.15, 0.2) is 18.2 Å². The molecule has 0 saturated heterocycles. The lowest BCUT2D eigenvalue weighted by Crippen LogP contribution is -1.91. The molecule has 0 atom stereocenters. The molecule has 0 unspecified atom stereocenters. The maximum atomic E-state index is 13.4. The lowest BCUT2D eigenvalue weighted by molar-refractivity contribution is -0.131. The standard InChI is InChI=1S/C11H8ClFO2/c12-7-4-9-6(3-11(14)15)1-2-8(9)10(13)5-7/h3-5H,1-2H2,(H,14,15)/b6-3-. The van der Waals surface area contributed by atoms with Crippen molar-refractivity contribution in [3.8, 4) is 0 Å². The largest absolute Gasteiger partial charge is 0.478 e. The Kier molecular flexibility index (Phi) is 2.49. The zero-order chi connectivity index (χ0) is 11.0. The number of carboxylic acid groups (broad SMARTS) is 1. The lowest BCUT2D eigenvalue weighted by Gasteiger charge is -2.02. The number of halogens is 2. The molecule has 78 valence electrons. The van der Waals surface area contributed by atoms with Gasteiger partial charge in [0.25, 0.3) is 0 Å². The van der Waals surface area contributed by atoms with Crippen LogP contribution in [-0.2, 0) is 11.2 Å². The third kappa shape index (κ3) is 1.88. The fourth-order valence-electron chi connectivity index (χ4n) is 1.84. The molecule has 0 aromatic heterocycles. The number of rotatable bonds is 1. The van der Waals surface area contributed by atoms with Crippen LogP contribution in [0.5, 0.6) is 0 Å². The van der Waals surface area contributed by atoms with E-state index in [2.05, 4.69) is 0 Å². The second kappa shape index (κ2) is 3.66. The van der Waals surface area contributed by atoms with Crippen molar-refractivity contribution in [3.63, 3.8) is 0 Å². The molecular formula is C11H8ClFO2. The minimum Gasteiger partial charge on any atom is -0.478 e. The van der Waals surface area contributed by atoms with Crippen molar-refractivity contribution < 1.29 is 14.3 Å². The summed E-state index contributed by atoms with van der Waals surface area (Å²) in [7, 11) is 0. The van der Waals surface area contributed by atoms with Gasteiger partial charge >= 0.3 is 5.97 Å². The van der Waals surface area contributed by atoms with Crippen LogP contribution in [-0.4, -0.2) is 11.1 Å². The van der Waals surface area contributed by atoms with E-state index in [1.807, 2.05) is 0 Å². The summed E-state index contributed by atoms with van der Waals surface area (Å²) in [6.45, 7) is 0. The molecule has 0 bridgehead atoms. The van der Waals surface area contributed by atoms with Gasteiger partial charge in [0, 0.05) is 11.1 Å². The molecule has 0 saturated carbocycles. The molecule has 1 aromatic rings. The van der Waals surface area contributed by atoms with E-state index in [0.29, 0.717) is 34.6 Å². The van der Waals surface area contributed by atoms with Gasteiger partial charge in [-0.3, -0.25) is 0 Å². The number of aliphatic carboxylic acids is 1. The third-order valence-electron chi connectivity index (χ3n) is 2.45. The molecular weight excluding hydrogens is 219 g/mol. The summed E-state index contributed by atoms with van der Waals surface area (Å²) >= 11 is 5.72. The minimum atomic E-state index is -1.02. The van der Waals surface area contributed by atoms with Gasteiger partial charge in [0.1, 0.15) is 5.82 Å². The molecule has 2 rings (SSSR count). The van der Waals surface area contributed by atoms with Gasteiger partial charge < -0.3 is 5.11 Å². The van der Waals surface area contributed by atoms with E-state index in [0.717, 1.165) is 6.08 Å². The van der Waals surface area contributed by atoms with Gasteiger partial charge in [-0.05, 0) is 41.7 Å². The highest BCUT2D eigenvalue weighted by atomic mass is 35.5. The molecule has 1 aliphatic rings. The van der Waals surface area contributed by atoms with E-state index >= 15 is 0 Å². The van der Waals surface area contributed by atoms with Gasteiger partial charge in [0.05, 0.1) is 0 Å². The fourth-order valence-corrected chi connectivity index (χ4v) is 2.04. The Balaban J connectivity index is 2.55. The van der Waals surface area contributed by atoms with Crippen LogP contribution in [0.1, 0.15) is 17.5 Å². The fraction of sp³-hybridized carbons (Fsp3) is 0.182. The topological polar surface area (TPSA) is 37.3 Å². The zero-order valence-electron chi connectivity index (χ0n) is 7.76. The van der Waals surface area contributed by atoms with E-state index in [1.54, 1.807) is 6.07 Å². The van der Waals surface area contributed by atoms with Crippen LogP contribution in [0.4, 0.5) is 4.39 Å². The predicted molar refractivity (Wildman–Crippen MR) is 55.3 cm³/mol. The molecule has 15 heavy (non-hydrogen) atoms. The van der Waals surface area contributed by atoms with E-state index in [1.165, 1.54) is 6.07 Å². The monoisotopic (exact) mass is 226 g/mol. The molecule has 0 amide bonds. The van der Waals surface area contributed by atoms with Crippen LogP contribution < -0.4 is 0 Å². The van der Waals surface area contributed by atoms with Gasteiger partial charge in [-0.2, -0.15) is 0 Å². The predicted octanol–water partition coefficient (Wildman–Crippen LogP) is 2.89. The van der Waals surface area contributed by atoms with Crippen molar-refractivity contribution >= 4 is 23.1 Å². The first-order valence-corrected chi connectivity index (χ1v) is 4.87. The number of hydrogen-bond donors (Lipinski definition) is 1. The average molecular weight is 227 g/mol. The smallest absolute Gasteiger partial charge is 0.328 e. The second-order valence-electron chi connectivity index (χ2n) is 3.42. The van der Waals surface area contributed by atoms with Gasteiger partial charge in [0.2, 0.25) is 0 Å². The highest BCUT2D eigenvalue weighted by Gasteiger charge is 2.21. The first-order chi connectivity index (χ1) is 7.08. The first-order valence-electron chi connectivity index (χ1n) is 4.49. The Labute approximate surface area is 91.0 Å². The normalized spacial score (nSPS) is 16.8. The SMILES string of the molecule is O=C(O)/C=C1/CCc2c(F)cc(Cl)cc21. The number of carbonyl (C=O) groups is 1. The third-order valence-corrected chi connectivity index (χ3v) is 2.67. The molecule has 0 spiro atoms. The molecule has 0 fully saturated rings. The Morgan fingerprint density at radius 1 is 1.47 bits per heavy atom. The van der Waals surface area contributed by atoms with Crippen molar-refractivity contribution in [2.24, 2.45) is 0 Å². The second-order valence-corrected chi connectivity index (χ2v) is 3.86. The average Bonchev–Trinajstić information content (AvgIpc) is 2.48. The summed E-state index contributed by atoms with van der Waals surface area (Å²) < 4.78 is 13.4. The zero-order valence-corrected chi connectivity index (χ0v) is 8.51. The van der Waals surface area contributed by atoms with Gasteiger partial charge in [-0.1, -0.05) is 11.6 Å². The number of hydrogen-bond acceptors (Lipinski definition) is 1. The van der Waals surface area contributed by atoms with E-state index in [-0.39, 0.29) is 5.82 Å². The molecule has 1 aliphatic carbocycles. The lowest BCUT2D eigenvalue weighted by atomic mass is 10.1. The highest BCUT2D eigenvalue weighted by Crippen LogP contribution is 2.35. The summed E-state index contributed by atoms with van der Waals surface area (Å²) in [6.07, 6.45) is 2.21. The molecule has 4 heteroatoms. The number of allylic oxidation sites excluding steroid dienone is 1. The van der Waals surface area contributed by atoms with E-state index < -0.39 is 5.97 Å². The summed E-state index contributed by atoms with van der Waals surface area (Å²) in [5, 5.41) is 8.93. The molecule has 0 aliphatic heterocycles. The summed E-state index contributed by atoms with van der Waals surface area (Å²) in [5.41, 5.74) is 1.83. The van der Waals surface area contributed by atoms with E-state index in [9.17, 15) is 9.18 Å². The first kappa shape index (κ1) is 10.2. The van der Waals surface area contributed by atoms with Crippen molar-refractivity contribution in [3.05, 3.63) is 40.2 Å². The maximum Gasteiger partial charge on any atom is 0.328 e. The Hall–Kier alpha value is -1.35. The quantitative estimate of drug-likeness (QED) is 0.748. The van der Waals surface area contributed by atoms with Crippen molar-refractivity contribution in [1.29, 1.82) is 0 Å². The Morgan fingerprint density at radius 2 is 2.20 bits per heavy atom. The summed E-state index contributed by atoms with van der Waals surface area (Å²) in [5.74, 6) is -1.37. The highest BCUT2D eigenvalue weighted by molar-refractivity contribution is 6.30. The van der Waals surface area contributed by atoms with Gasteiger partial charge in [0.15, 0.2) is 0 Å². The molecule has 1 aromatic carbocycles. The summed E-state index contributed by atoms with van der Waals surface area (Å²) in [4.78, 5) is 10.5. The van der Waals surface area contributed by atoms with Crippen molar-refractivity contribution in [2.75, 3.05) is 0 Å². The van der Waals surface area contributed by atoms with Gasteiger partial charge in [-0.25, -0.2) is 9.18 Å². The van der Waals surface area contributed by atoms with Crippen LogP contribution in [0, 0.1) is 5.82 Å². The Morgan fingerprint density at radius 3 is 2.87 bits per heavy atom. The number of carboxylic acids is 1. The molecule has 0 radical (unpaired) electrons.